The first-order chi connectivity index (χ1) is 26.8. The van der Waals surface area contributed by atoms with Gasteiger partial charge < -0.3 is 36.6 Å². The Bertz CT molecular complexity index is 1840. The lowest BCUT2D eigenvalue weighted by Crippen LogP contribution is -2.56. The van der Waals surface area contributed by atoms with Crippen LogP contribution < -0.4 is 31.9 Å². The van der Waals surface area contributed by atoms with Crippen LogP contribution in [0.3, 0.4) is 0 Å². The van der Waals surface area contributed by atoms with Crippen molar-refractivity contribution in [1.82, 2.24) is 25.3 Å². The number of anilines is 2. The Balaban J connectivity index is 0.966. The zero-order chi connectivity index (χ0) is 40.1. The number of rotatable bonds is 13. The van der Waals surface area contributed by atoms with E-state index in [4.69, 9.17) is 16.2 Å². The van der Waals surface area contributed by atoms with Gasteiger partial charge in [0.05, 0.1) is 17.2 Å². The Hall–Kier alpha value is -5.55. The van der Waals surface area contributed by atoms with Crippen LogP contribution in [0.2, 0.25) is 0 Å². The molecule has 6 N–H and O–H groups in total. The van der Waals surface area contributed by atoms with Crippen LogP contribution >= 0.6 is 0 Å². The lowest BCUT2D eigenvalue weighted by Gasteiger charge is -2.40. The molecule has 300 valence electrons. The summed E-state index contributed by atoms with van der Waals surface area (Å²) in [4.78, 5) is 97.7. The van der Waals surface area contributed by atoms with E-state index in [1.165, 1.54) is 0 Å². The summed E-state index contributed by atoms with van der Waals surface area (Å²) in [7, 11) is 0. The molecule has 4 aliphatic heterocycles. The Morgan fingerprint density at radius 1 is 0.804 bits per heavy atom. The van der Waals surface area contributed by atoms with Crippen molar-refractivity contribution in [2.75, 3.05) is 75.4 Å². The molecule has 17 nitrogen and oxygen atoms in total. The van der Waals surface area contributed by atoms with E-state index in [9.17, 15) is 33.6 Å². The second-order valence-corrected chi connectivity index (χ2v) is 15.1. The predicted octanol–water partition coefficient (Wildman–Crippen LogP) is 0.721. The van der Waals surface area contributed by atoms with Gasteiger partial charge in [-0.15, -0.1) is 0 Å². The summed E-state index contributed by atoms with van der Waals surface area (Å²) >= 11 is 0. The molecule has 2 atom stereocenters. The number of carbonyl (C=O) groups excluding carboxylic acids is 7. The van der Waals surface area contributed by atoms with Crippen molar-refractivity contribution in [3.05, 3.63) is 59.2 Å². The van der Waals surface area contributed by atoms with E-state index in [0.717, 1.165) is 79.8 Å². The van der Waals surface area contributed by atoms with Gasteiger partial charge >= 0.3 is 6.09 Å². The molecule has 6 rings (SSSR count). The SMILES string of the molecule is CC(C)C(N)C(=O)NCCNC(=O)OCN1C(=O)CCC(N2C(=O)c3ccc(N4CCN(CC5CCN(c6ccc(C(N)=O)cc6)CC5)CC4)cc3C2=O)C1=O. The average Bonchev–Trinajstić information content (AvgIpc) is 3.44. The Morgan fingerprint density at radius 2 is 1.43 bits per heavy atom. The van der Waals surface area contributed by atoms with E-state index in [0.29, 0.717) is 11.5 Å². The molecule has 4 aliphatic rings. The number of imide groups is 2. The fraction of sp³-hybridized carbons (Fsp3) is 0.513. The van der Waals surface area contributed by atoms with Crippen LogP contribution in [0.15, 0.2) is 42.5 Å². The first-order valence-electron chi connectivity index (χ1n) is 19.2. The number of primary amides is 1. The van der Waals surface area contributed by atoms with Crippen LogP contribution in [0.5, 0.6) is 0 Å². The fourth-order valence-electron chi connectivity index (χ4n) is 7.63. The molecule has 4 heterocycles. The molecule has 17 heteroatoms. The van der Waals surface area contributed by atoms with Crippen molar-refractivity contribution in [2.24, 2.45) is 23.3 Å². The zero-order valence-corrected chi connectivity index (χ0v) is 31.9. The number of carbonyl (C=O) groups is 7. The zero-order valence-electron chi connectivity index (χ0n) is 31.9. The number of piperidine rings is 2. The number of fused-ring (bicyclic) bond motifs is 1. The van der Waals surface area contributed by atoms with E-state index in [1.807, 2.05) is 32.0 Å². The Morgan fingerprint density at radius 3 is 2.09 bits per heavy atom. The third-order valence-corrected chi connectivity index (χ3v) is 11.1. The van der Waals surface area contributed by atoms with Crippen molar-refractivity contribution >= 4 is 52.9 Å². The van der Waals surface area contributed by atoms with Crippen LogP contribution in [0.25, 0.3) is 0 Å². The van der Waals surface area contributed by atoms with Crippen molar-refractivity contribution in [2.45, 2.75) is 51.6 Å². The molecular weight excluding hydrogens is 722 g/mol. The highest BCUT2D eigenvalue weighted by Gasteiger charge is 2.47. The number of hydrogen-bond donors (Lipinski definition) is 4. The lowest BCUT2D eigenvalue weighted by molar-refractivity contribution is -0.156. The molecule has 2 aromatic carbocycles. The van der Waals surface area contributed by atoms with Gasteiger partial charge in [-0.25, -0.2) is 9.69 Å². The number of ether oxygens (including phenoxy) is 1. The maximum atomic E-state index is 13.7. The number of piperazine rings is 1. The highest BCUT2D eigenvalue weighted by atomic mass is 16.6. The third-order valence-electron chi connectivity index (χ3n) is 11.1. The first-order valence-corrected chi connectivity index (χ1v) is 19.2. The van der Waals surface area contributed by atoms with Gasteiger partial charge in [-0.3, -0.25) is 38.6 Å². The predicted molar refractivity (Wildman–Crippen MR) is 206 cm³/mol. The average molecular weight is 774 g/mol. The van der Waals surface area contributed by atoms with E-state index in [1.54, 1.807) is 24.3 Å². The first kappa shape index (κ1) is 40.1. The largest absolute Gasteiger partial charge is 0.428 e. The molecule has 0 bridgehead atoms. The molecule has 7 amide bonds. The van der Waals surface area contributed by atoms with Crippen molar-refractivity contribution in [3.63, 3.8) is 0 Å². The third kappa shape index (κ3) is 8.94. The topological polar surface area (TPSA) is 221 Å². The Labute approximate surface area is 325 Å². The number of likely N-dealkylation sites (tertiary alicyclic amines) is 1. The minimum Gasteiger partial charge on any atom is -0.428 e. The molecule has 0 aromatic heterocycles. The summed E-state index contributed by atoms with van der Waals surface area (Å²) < 4.78 is 5.09. The molecule has 2 unspecified atom stereocenters. The number of nitrogens with two attached hydrogens (primary N) is 2. The van der Waals surface area contributed by atoms with Crippen molar-refractivity contribution < 1.29 is 38.3 Å². The minimum atomic E-state index is -1.23. The van der Waals surface area contributed by atoms with Crippen LogP contribution in [0.1, 0.15) is 70.6 Å². The number of nitrogens with zero attached hydrogens (tertiary/aromatic N) is 5. The van der Waals surface area contributed by atoms with Crippen LogP contribution in [-0.2, 0) is 19.1 Å². The summed E-state index contributed by atoms with van der Waals surface area (Å²) in [6.07, 6.45) is 1.06. The second-order valence-electron chi connectivity index (χ2n) is 15.1. The molecule has 3 fully saturated rings. The maximum Gasteiger partial charge on any atom is 0.408 e. The highest BCUT2D eigenvalue weighted by Crippen LogP contribution is 2.32. The molecule has 56 heavy (non-hydrogen) atoms. The summed E-state index contributed by atoms with van der Waals surface area (Å²) in [6.45, 7) is 9.16. The van der Waals surface area contributed by atoms with Gasteiger partial charge in [-0.2, -0.15) is 0 Å². The van der Waals surface area contributed by atoms with Gasteiger partial charge in [0.1, 0.15) is 6.04 Å². The van der Waals surface area contributed by atoms with Gasteiger partial charge in [0.25, 0.3) is 17.7 Å². The van der Waals surface area contributed by atoms with Gasteiger partial charge in [-0.05, 0) is 73.6 Å². The molecule has 0 aliphatic carbocycles. The molecule has 3 saturated heterocycles. The number of amides is 7. The van der Waals surface area contributed by atoms with E-state index < -0.39 is 54.4 Å². The van der Waals surface area contributed by atoms with Crippen LogP contribution in [-0.4, -0.2) is 134 Å². The molecule has 2 aromatic rings. The molecule has 0 spiro atoms. The summed E-state index contributed by atoms with van der Waals surface area (Å²) in [5.41, 5.74) is 14.0. The van der Waals surface area contributed by atoms with Crippen LogP contribution in [0.4, 0.5) is 16.2 Å². The number of alkyl carbamates (subject to hydrolysis) is 1. The van der Waals surface area contributed by atoms with Gasteiger partial charge in [-0.1, -0.05) is 13.8 Å². The van der Waals surface area contributed by atoms with Gasteiger partial charge in [0.2, 0.25) is 17.7 Å². The maximum absolute atomic E-state index is 13.7. The van der Waals surface area contributed by atoms with Gasteiger partial charge in [0, 0.05) is 82.3 Å². The number of hydrogen-bond acceptors (Lipinski definition) is 12. The van der Waals surface area contributed by atoms with E-state index in [-0.39, 0.29) is 48.9 Å². The normalized spacial score (nSPS) is 20.0. The standard InChI is InChI=1S/C39H51N9O8/c1-24(2)33(40)35(51)42-13-14-43-39(55)56-23-47-32(49)10-9-31(38(47)54)48-36(52)29-8-7-28(21-30(29)37(48)53)46-19-17-44(18-20-46)22-25-11-15-45(16-12-25)27-5-3-26(4-6-27)34(41)50/h3-8,21,24-25,31,33H,9-20,22-23,40H2,1-2H3,(H2,41,50)(H,42,51)(H,43,55). The van der Waals surface area contributed by atoms with E-state index in [2.05, 4.69) is 25.3 Å². The van der Waals surface area contributed by atoms with Crippen molar-refractivity contribution in [1.29, 1.82) is 0 Å². The second kappa shape index (κ2) is 17.5. The molecular formula is C39H51N9O8. The number of nitrogens with one attached hydrogen (secondary N) is 2. The molecule has 0 radical (unpaired) electrons. The summed E-state index contributed by atoms with van der Waals surface area (Å²) in [5, 5.41) is 5.03. The van der Waals surface area contributed by atoms with Crippen LogP contribution in [0, 0.1) is 11.8 Å². The summed E-state index contributed by atoms with van der Waals surface area (Å²) in [6, 6.07) is 10.7. The monoisotopic (exact) mass is 773 g/mol. The Kier molecular flexibility index (Phi) is 12.5. The summed E-state index contributed by atoms with van der Waals surface area (Å²) in [5.74, 6) is -2.88. The lowest BCUT2D eigenvalue weighted by atomic mass is 9.95. The smallest absolute Gasteiger partial charge is 0.408 e. The minimum absolute atomic E-state index is 0.0194. The fourth-order valence-corrected chi connectivity index (χ4v) is 7.63. The quantitative estimate of drug-likeness (QED) is 0.164. The number of benzene rings is 2. The highest BCUT2D eigenvalue weighted by molar-refractivity contribution is 6.23. The van der Waals surface area contributed by atoms with Gasteiger partial charge in [0.15, 0.2) is 6.73 Å². The van der Waals surface area contributed by atoms with Crippen molar-refractivity contribution in [3.8, 4) is 0 Å². The van der Waals surface area contributed by atoms with E-state index >= 15 is 0 Å². The molecule has 0 saturated carbocycles.